The first kappa shape index (κ1) is 28.7. The third kappa shape index (κ3) is 6.07. The van der Waals surface area contributed by atoms with E-state index in [4.69, 9.17) is 25.8 Å². The molecule has 0 radical (unpaired) electrons. The highest BCUT2D eigenvalue weighted by atomic mass is 35.5. The first-order valence-corrected chi connectivity index (χ1v) is 14.0. The number of fused-ring (bicyclic) bond motifs is 1. The van der Waals surface area contributed by atoms with Crippen molar-refractivity contribution in [3.8, 4) is 17.1 Å². The number of carbonyl (C=O) groups is 1. The number of carbonyl (C=O) groups excluding carboxylic acids is 1. The largest absolute Gasteiger partial charge is 0.473 e. The highest BCUT2D eigenvalue weighted by Crippen LogP contribution is 2.39. The number of halogens is 3. The number of pyridine rings is 2. The van der Waals surface area contributed by atoms with Gasteiger partial charge in [-0.25, -0.2) is 28.5 Å². The van der Waals surface area contributed by atoms with Gasteiger partial charge in [0.25, 0.3) is 0 Å². The summed E-state index contributed by atoms with van der Waals surface area (Å²) in [6.45, 7) is 5.13. The Morgan fingerprint density at radius 2 is 1.93 bits per heavy atom. The van der Waals surface area contributed by atoms with Gasteiger partial charge >= 0.3 is 5.97 Å². The standard InChI is InChI=1S/C32H27ClF2N4O4/c1-32(2)17-41-16-28(32)39-18-37-26-8-7-20(11-27(26)39)31(40)43-15-21-10-24(35)22(12-23(21)34)25-4-3-5-30(38-25)42-14-19-6-9-29(33)36-13-19/h3-13,18,28H,14-17H2,1-2H3/t28-/m1/s1. The Hall–Kier alpha value is -4.41. The predicted molar refractivity (Wildman–Crippen MR) is 156 cm³/mol. The van der Waals surface area contributed by atoms with Gasteiger partial charge in [0, 0.05) is 34.4 Å². The van der Waals surface area contributed by atoms with E-state index in [0.717, 1.165) is 28.7 Å². The highest BCUT2D eigenvalue weighted by Gasteiger charge is 2.37. The van der Waals surface area contributed by atoms with Gasteiger partial charge in [-0.05, 0) is 42.5 Å². The van der Waals surface area contributed by atoms with E-state index in [0.29, 0.717) is 18.4 Å². The molecule has 2 aromatic carbocycles. The summed E-state index contributed by atoms with van der Waals surface area (Å²) in [7, 11) is 0. The molecule has 0 saturated carbocycles. The molecular weight excluding hydrogens is 578 g/mol. The van der Waals surface area contributed by atoms with E-state index in [1.165, 1.54) is 0 Å². The highest BCUT2D eigenvalue weighted by molar-refractivity contribution is 6.29. The van der Waals surface area contributed by atoms with Gasteiger partial charge in [-0.1, -0.05) is 37.6 Å². The quantitative estimate of drug-likeness (QED) is 0.140. The lowest BCUT2D eigenvalue weighted by molar-refractivity contribution is 0.0468. The summed E-state index contributed by atoms with van der Waals surface area (Å²) in [5.74, 6) is -1.89. The molecule has 3 aromatic heterocycles. The van der Waals surface area contributed by atoms with Gasteiger partial charge in [0.2, 0.25) is 5.88 Å². The number of rotatable bonds is 8. The molecule has 0 N–H and O–H groups in total. The second-order valence-corrected chi connectivity index (χ2v) is 11.4. The minimum atomic E-state index is -0.735. The molecule has 0 amide bonds. The van der Waals surface area contributed by atoms with Crippen molar-refractivity contribution in [2.45, 2.75) is 33.1 Å². The summed E-state index contributed by atoms with van der Waals surface area (Å²) >= 11 is 5.81. The van der Waals surface area contributed by atoms with E-state index in [2.05, 4.69) is 28.8 Å². The van der Waals surface area contributed by atoms with Crippen LogP contribution in [0.1, 0.15) is 41.4 Å². The molecule has 6 rings (SSSR count). The maximum Gasteiger partial charge on any atom is 0.338 e. The molecule has 4 heterocycles. The Kier molecular flexibility index (Phi) is 7.81. The summed E-state index contributed by atoms with van der Waals surface area (Å²) in [6.07, 6.45) is 3.32. The smallest absolute Gasteiger partial charge is 0.338 e. The Morgan fingerprint density at radius 1 is 1.07 bits per heavy atom. The Labute approximate surface area is 251 Å². The van der Waals surface area contributed by atoms with Crippen LogP contribution < -0.4 is 4.74 Å². The molecule has 5 aromatic rings. The molecule has 11 heteroatoms. The molecule has 1 atom stereocenters. The van der Waals surface area contributed by atoms with Crippen LogP contribution in [0.15, 0.2) is 73.2 Å². The van der Waals surface area contributed by atoms with Crippen molar-refractivity contribution in [2.75, 3.05) is 13.2 Å². The number of ether oxygens (including phenoxy) is 3. The zero-order valence-corrected chi connectivity index (χ0v) is 24.1. The lowest BCUT2D eigenvalue weighted by atomic mass is 9.87. The third-order valence-electron chi connectivity index (χ3n) is 7.47. The van der Waals surface area contributed by atoms with Crippen molar-refractivity contribution in [2.24, 2.45) is 5.41 Å². The van der Waals surface area contributed by atoms with Gasteiger partial charge in [0.1, 0.15) is 30.0 Å². The van der Waals surface area contributed by atoms with Gasteiger partial charge in [-0.2, -0.15) is 0 Å². The first-order chi connectivity index (χ1) is 20.7. The minimum Gasteiger partial charge on any atom is -0.473 e. The molecule has 1 aliphatic rings. The van der Waals surface area contributed by atoms with Gasteiger partial charge in [-0.3, -0.25) is 0 Å². The molecule has 0 unspecified atom stereocenters. The number of esters is 1. The number of hydrogen-bond donors (Lipinski definition) is 0. The van der Waals surface area contributed by atoms with Crippen LogP contribution in [-0.4, -0.2) is 38.7 Å². The second kappa shape index (κ2) is 11.7. The number of aromatic nitrogens is 4. The number of hydrogen-bond acceptors (Lipinski definition) is 7. The van der Waals surface area contributed by atoms with E-state index in [9.17, 15) is 4.79 Å². The summed E-state index contributed by atoms with van der Waals surface area (Å²) < 4.78 is 49.0. The molecule has 0 aliphatic carbocycles. The van der Waals surface area contributed by atoms with Crippen LogP contribution in [0.3, 0.4) is 0 Å². The molecule has 1 saturated heterocycles. The van der Waals surface area contributed by atoms with Crippen LogP contribution in [-0.2, 0) is 22.7 Å². The fourth-order valence-corrected chi connectivity index (χ4v) is 5.14. The topological polar surface area (TPSA) is 88.4 Å². The average Bonchev–Trinajstić information content (AvgIpc) is 3.58. The van der Waals surface area contributed by atoms with Crippen LogP contribution in [0.4, 0.5) is 8.78 Å². The van der Waals surface area contributed by atoms with Crippen molar-refractivity contribution in [3.63, 3.8) is 0 Å². The summed E-state index contributed by atoms with van der Waals surface area (Å²) in [5.41, 5.74) is 2.47. The lowest BCUT2D eigenvalue weighted by Crippen LogP contribution is -2.24. The van der Waals surface area contributed by atoms with Crippen LogP contribution >= 0.6 is 11.6 Å². The maximum absolute atomic E-state index is 15.1. The van der Waals surface area contributed by atoms with Crippen molar-refractivity contribution >= 4 is 28.6 Å². The zero-order chi connectivity index (χ0) is 30.1. The minimum absolute atomic E-state index is 0.0521. The van der Waals surface area contributed by atoms with E-state index >= 15 is 8.78 Å². The van der Waals surface area contributed by atoms with Crippen LogP contribution in [0.25, 0.3) is 22.3 Å². The normalized spacial score (nSPS) is 16.0. The van der Waals surface area contributed by atoms with Gasteiger partial charge < -0.3 is 18.8 Å². The molecule has 1 aliphatic heterocycles. The molecule has 0 bridgehead atoms. The number of benzene rings is 2. The molecule has 220 valence electrons. The summed E-state index contributed by atoms with van der Waals surface area (Å²) in [4.78, 5) is 25.7. The van der Waals surface area contributed by atoms with Gasteiger partial charge in [-0.15, -0.1) is 0 Å². The van der Waals surface area contributed by atoms with Crippen molar-refractivity contribution in [1.29, 1.82) is 0 Å². The second-order valence-electron chi connectivity index (χ2n) is 11.0. The van der Waals surface area contributed by atoms with Crippen LogP contribution in [0.2, 0.25) is 5.15 Å². The summed E-state index contributed by atoms with van der Waals surface area (Å²) in [5, 5.41) is 0.365. The number of imidazole rings is 1. The van der Waals surface area contributed by atoms with E-state index in [1.807, 2.05) is 4.57 Å². The molecule has 8 nitrogen and oxygen atoms in total. The maximum atomic E-state index is 15.1. The average molecular weight is 605 g/mol. The van der Waals surface area contributed by atoms with Crippen molar-refractivity contribution < 1.29 is 27.8 Å². The lowest BCUT2D eigenvalue weighted by Gasteiger charge is -2.26. The van der Waals surface area contributed by atoms with Crippen LogP contribution in [0, 0.1) is 17.0 Å². The first-order valence-electron chi connectivity index (χ1n) is 13.6. The summed E-state index contributed by atoms with van der Waals surface area (Å²) in [6, 6.07) is 15.3. The Morgan fingerprint density at radius 3 is 2.70 bits per heavy atom. The fraction of sp³-hybridized carbons (Fsp3) is 0.250. The monoisotopic (exact) mass is 604 g/mol. The van der Waals surface area contributed by atoms with E-state index < -0.39 is 24.2 Å². The Bertz CT molecular complexity index is 1810. The van der Waals surface area contributed by atoms with Gasteiger partial charge in [0.15, 0.2) is 0 Å². The molecule has 0 spiro atoms. The molecular formula is C32H27ClF2N4O4. The number of nitrogens with zero attached hydrogens (tertiary/aromatic N) is 4. The SMILES string of the molecule is CC1(C)COC[C@H]1n1cnc2ccc(C(=O)OCc3cc(F)c(-c4cccc(OCc5ccc(Cl)nc5)n4)cc3F)cc21. The third-order valence-corrected chi connectivity index (χ3v) is 7.69. The predicted octanol–water partition coefficient (Wildman–Crippen LogP) is 6.96. The van der Waals surface area contributed by atoms with E-state index in [1.54, 1.807) is 61.1 Å². The van der Waals surface area contributed by atoms with E-state index in [-0.39, 0.29) is 46.3 Å². The Balaban J connectivity index is 1.15. The zero-order valence-electron chi connectivity index (χ0n) is 23.4. The van der Waals surface area contributed by atoms with Crippen molar-refractivity contribution in [3.05, 3.63) is 107 Å². The molecule has 1 fully saturated rings. The van der Waals surface area contributed by atoms with Crippen molar-refractivity contribution in [1.82, 2.24) is 19.5 Å². The fourth-order valence-electron chi connectivity index (χ4n) is 5.03. The molecule has 43 heavy (non-hydrogen) atoms. The van der Waals surface area contributed by atoms with Crippen LogP contribution in [0.5, 0.6) is 5.88 Å². The van der Waals surface area contributed by atoms with Gasteiger partial charge in [0.05, 0.1) is 47.9 Å².